The minimum atomic E-state index is -0.951. The molecule has 0 aromatic heterocycles. The van der Waals surface area contributed by atoms with Crippen LogP contribution in [0.25, 0.3) is 0 Å². The number of carboxylic acids is 1. The molecule has 8 nitrogen and oxygen atoms in total. The molecule has 1 aliphatic heterocycles. The second-order valence-electron chi connectivity index (χ2n) is 7.20. The molecular weight excluding hydrogens is 402 g/mol. The van der Waals surface area contributed by atoms with E-state index >= 15 is 0 Å². The molecule has 0 aliphatic carbocycles. The average molecular weight is 429 g/mol. The molecule has 1 saturated heterocycles. The van der Waals surface area contributed by atoms with Gasteiger partial charge in [0.25, 0.3) is 0 Å². The van der Waals surface area contributed by atoms with Crippen molar-refractivity contribution >= 4 is 12.1 Å². The number of nitrogens with zero attached hydrogens (tertiary/aromatic N) is 1. The molecule has 0 radical (unpaired) electrons. The van der Waals surface area contributed by atoms with Gasteiger partial charge in [-0.25, -0.2) is 4.79 Å². The van der Waals surface area contributed by atoms with Gasteiger partial charge < -0.3 is 29.0 Å². The first-order valence-electron chi connectivity index (χ1n) is 10.1. The second-order valence-corrected chi connectivity index (χ2v) is 7.20. The van der Waals surface area contributed by atoms with E-state index in [1.165, 1.54) is 12.0 Å². The van der Waals surface area contributed by atoms with Crippen molar-refractivity contribution in [1.82, 2.24) is 4.90 Å². The van der Waals surface area contributed by atoms with Crippen molar-refractivity contribution in [3.63, 3.8) is 0 Å². The van der Waals surface area contributed by atoms with E-state index in [9.17, 15) is 14.7 Å². The maximum atomic E-state index is 11.9. The molecule has 1 amide bonds. The average Bonchev–Trinajstić information content (AvgIpc) is 3.25. The van der Waals surface area contributed by atoms with E-state index in [-0.39, 0.29) is 19.0 Å². The fourth-order valence-electron chi connectivity index (χ4n) is 3.65. The highest BCUT2D eigenvalue weighted by Gasteiger charge is 2.41. The lowest BCUT2D eigenvalue weighted by Crippen LogP contribution is -2.29. The lowest BCUT2D eigenvalue weighted by atomic mass is 9.89. The van der Waals surface area contributed by atoms with Crippen LogP contribution in [0.15, 0.2) is 48.5 Å². The molecule has 0 spiro atoms. The topological polar surface area (TPSA) is 94.5 Å². The van der Waals surface area contributed by atoms with E-state index in [1.54, 1.807) is 19.2 Å². The van der Waals surface area contributed by atoms with Crippen LogP contribution in [0, 0.1) is 5.92 Å². The van der Waals surface area contributed by atoms with E-state index in [2.05, 4.69) is 0 Å². The molecule has 1 fully saturated rings. The van der Waals surface area contributed by atoms with Gasteiger partial charge in [0, 0.05) is 25.4 Å². The fourth-order valence-corrected chi connectivity index (χ4v) is 3.65. The van der Waals surface area contributed by atoms with Gasteiger partial charge in [0.15, 0.2) is 11.5 Å². The van der Waals surface area contributed by atoms with Gasteiger partial charge in [-0.15, -0.1) is 0 Å². The summed E-state index contributed by atoms with van der Waals surface area (Å²) in [6.45, 7) is 1.28. The van der Waals surface area contributed by atoms with Crippen molar-refractivity contribution < 1.29 is 33.6 Å². The summed E-state index contributed by atoms with van der Waals surface area (Å²) < 4.78 is 21.7. The highest BCUT2D eigenvalue weighted by atomic mass is 16.5. The minimum Gasteiger partial charge on any atom is -0.493 e. The van der Waals surface area contributed by atoms with Gasteiger partial charge >= 0.3 is 12.1 Å². The first-order chi connectivity index (χ1) is 15.0. The second kappa shape index (κ2) is 10.6. The number of amides is 1. The number of carbonyl (C=O) groups excluding carboxylic acids is 1. The van der Waals surface area contributed by atoms with Gasteiger partial charge in [-0.05, 0) is 29.8 Å². The highest BCUT2D eigenvalue weighted by Crippen LogP contribution is 2.37. The van der Waals surface area contributed by atoms with Crippen LogP contribution in [0.4, 0.5) is 4.79 Å². The molecule has 1 heterocycles. The van der Waals surface area contributed by atoms with E-state index in [4.69, 9.17) is 18.9 Å². The van der Waals surface area contributed by atoms with E-state index in [0.717, 1.165) is 11.3 Å². The summed E-state index contributed by atoms with van der Waals surface area (Å²) in [5, 5.41) is 9.63. The summed E-state index contributed by atoms with van der Waals surface area (Å²) in [6.07, 6.45) is 0.136. The van der Waals surface area contributed by atoms with Crippen LogP contribution in [-0.2, 0) is 9.53 Å². The van der Waals surface area contributed by atoms with E-state index < -0.39 is 18.0 Å². The smallest absolute Gasteiger partial charge is 0.409 e. The Morgan fingerprint density at radius 1 is 1.00 bits per heavy atom. The van der Waals surface area contributed by atoms with Gasteiger partial charge in [-0.3, -0.25) is 4.79 Å². The Balaban J connectivity index is 1.65. The molecule has 1 N–H and O–H groups in total. The number of methoxy groups -OCH3 is 2. The summed E-state index contributed by atoms with van der Waals surface area (Å²) in [5.41, 5.74) is 0.773. The summed E-state index contributed by atoms with van der Waals surface area (Å²) in [7, 11) is 2.83. The van der Waals surface area contributed by atoms with Crippen molar-refractivity contribution in [2.45, 2.75) is 12.3 Å². The first-order valence-corrected chi connectivity index (χ1v) is 10.1. The van der Waals surface area contributed by atoms with Crippen LogP contribution in [-0.4, -0.2) is 62.6 Å². The van der Waals surface area contributed by atoms with Crippen LogP contribution in [0.3, 0.4) is 0 Å². The Labute approximate surface area is 181 Å². The number of likely N-dealkylation sites (tertiary alicyclic amines) is 1. The van der Waals surface area contributed by atoms with Crippen molar-refractivity contribution in [2.24, 2.45) is 5.92 Å². The Bertz CT molecular complexity index is 887. The lowest BCUT2D eigenvalue weighted by molar-refractivity contribution is -0.141. The number of benzene rings is 2. The molecule has 0 bridgehead atoms. The zero-order valence-corrected chi connectivity index (χ0v) is 17.7. The van der Waals surface area contributed by atoms with Gasteiger partial charge in [-0.2, -0.15) is 0 Å². The molecule has 1 aliphatic rings. The molecule has 166 valence electrons. The quantitative estimate of drug-likeness (QED) is 0.611. The zero-order valence-electron chi connectivity index (χ0n) is 17.7. The Kier molecular flexibility index (Phi) is 7.59. The predicted molar refractivity (Wildman–Crippen MR) is 113 cm³/mol. The molecular formula is C23H27NO7. The minimum absolute atomic E-state index is 0.103. The van der Waals surface area contributed by atoms with Crippen molar-refractivity contribution in [1.29, 1.82) is 0 Å². The molecule has 0 unspecified atom stereocenters. The predicted octanol–water partition coefficient (Wildman–Crippen LogP) is 3.41. The summed E-state index contributed by atoms with van der Waals surface area (Å²) in [4.78, 5) is 25.1. The van der Waals surface area contributed by atoms with Crippen LogP contribution in [0.5, 0.6) is 17.2 Å². The lowest BCUT2D eigenvalue weighted by Gasteiger charge is -2.18. The number of hydrogen-bond acceptors (Lipinski definition) is 6. The van der Waals surface area contributed by atoms with Gasteiger partial charge in [-0.1, -0.05) is 24.3 Å². The largest absolute Gasteiger partial charge is 0.493 e. The van der Waals surface area contributed by atoms with Gasteiger partial charge in [0.1, 0.15) is 5.75 Å². The van der Waals surface area contributed by atoms with E-state index in [1.807, 2.05) is 36.4 Å². The number of para-hydroxylation sites is 1. The van der Waals surface area contributed by atoms with Crippen molar-refractivity contribution in [3.05, 3.63) is 54.1 Å². The SMILES string of the molecule is COC(=O)N1C[C@@H](C(=O)O)[C@H](c2ccc(OC)c(OCCCOc3ccccc3)c2)C1. The number of carbonyl (C=O) groups is 2. The third kappa shape index (κ3) is 5.59. The van der Waals surface area contributed by atoms with Gasteiger partial charge in [0.2, 0.25) is 0 Å². The number of ether oxygens (including phenoxy) is 4. The summed E-state index contributed by atoms with van der Waals surface area (Å²) >= 11 is 0. The van der Waals surface area contributed by atoms with Gasteiger partial charge in [0.05, 0.1) is 33.4 Å². The zero-order chi connectivity index (χ0) is 22.2. The number of carboxylic acid groups (broad SMARTS) is 1. The van der Waals surface area contributed by atoms with Crippen LogP contribution in [0.1, 0.15) is 17.9 Å². The molecule has 2 aromatic carbocycles. The van der Waals surface area contributed by atoms with Crippen LogP contribution >= 0.6 is 0 Å². The maximum absolute atomic E-state index is 11.9. The number of hydrogen-bond donors (Lipinski definition) is 1. The van der Waals surface area contributed by atoms with Crippen molar-refractivity contribution in [2.75, 3.05) is 40.5 Å². The third-order valence-electron chi connectivity index (χ3n) is 5.24. The number of aliphatic carboxylic acids is 1. The maximum Gasteiger partial charge on any atom is 0.409 e. The summed E-state index contributed by atoms with van der Waals surface area (Å²) in [6, 6.07) is 14.9. The molecule has 8 heteroatoms. The normalized spacial score (nSPS) is 17.8. The van der Waals surface area contributed by atoms with Crippen molar-refractivity contribution in [3.8, 4) is 17.2 Å². The Morgan fingerprint density at radius 2 is 1.74 bits per heavy atom. The molecule has 3 rings (SSSR count). The molecule has 31 heavy (non-hydrogen) atoms. The third-order valence-corrected chi connectivity index (χ3v) is 5.24. The van der Waals surface area contributed by atoms with E-state index in [0.29, 0.717) is 31.1 Å². The first kappa shape index (κ1) is 22.3. The fraction of sp³-hybridized carbons (Fsp3) is 0.391. The standard InChI is InChI=1S/C23H27NO7/c1-28-20-10-9-16(18-14-24(23(27)29-2)15-19(18)22(25)26)13-21(20)31-12-6-11-30-17-7-4-3-5-8-17/h3-5,7-10,13,18-19H,6,11-12,14-15H2,1-2H3,(H,25,26)/t18-,19+/m0/s1. The van der Waals surface area contributed by atoms with Crippen LogP contribution in [0.2, 0.25) is 0 Å². The molecule has 0 saturated carbocycles. The molecule has 2 aromatic rings. The molecule has 2 atom stereocenters. The van der Waals surface area contributed by atoms with Crippen LogP contribution < -0.4 is 14.2 Å². The summed E-state index contributed by atoms with van der Waals surface area (Å²) in [5.74, 6) is -0.153. The Morgan fingerprint density at radius 3 is 2.42 bits per heavy atom. The monoisotopic (exact) mass is 429 g/mol. The Hall–Kier alpha value is -3.42. The number of rotatable bonds is 9. The highest BCUT2D eigenvalue weighted by molar-refractivity contribution is 5.75.